The summed E-state index contributed by atoms with van der Waals surface area (Å²) in [6.07, 6.45) is 2.50. The lowest BCUT2D eigenvalue weighted by molar-refractivity contribution is 0.220. The number of piperidine rings is 1. The molecule has 92 valence electrons. The van der Waals surface area contributed by atoms with Crippen LogP contribution in [0.5, 0.6) is 0 Å². The van der Waals surface area contributed by atoms with E-state index in [0.29, 0.717) is 6.04 Å². The van der Waals surface area contributed by atoms with Gasteiger partial charge in [0.25, 0.3) is 0 Å². The Morgan fingerprint density at radius 3 is 2.59 bits per heavy atom. The van der Waals surface area contributed by atoms with Crippen molar-refractivity contribution in [3.05, 3.63) is 42.5 Å². The maximum absolute atomic E-state index is 4.20. The van der Waals surface area contributed by atoms with Gasteiger partial charge in [0.2, 0.25) is 0 Å². The van der Waals surface area contributed by atoms with Crippen LogP contribution in [0, 0.1) is 0 Å². The molecule has 0 atom stereocenters. The number of hydrogen-bond donors (Lipinski definition) is 1. The van der Waals surface area contributed by atoms with Crippen LogP contribution in [0.3, 0.4) is 0 Å². The third kappa shape index (κ3) is 3.42. The first-order chi connectivity index (χ1) is 8.27. The number of nitrogens with zero attached hydrogens (tertiary/aromatic N) is 1. The number of nitrogens with one attached hydrogen (secondary N) is 1. The highest BCUT2D eigenvalue weighted by atomic mass is 15.1. The van der Waals surface area contributed by atoms with E-state index in [1.807, 2.05) is 6.07 Å². The van der Waals surface area contributed by atoms with Crippen molar-refractivity contribution in [3.63, 3.8) is 0 Å². The molecule has 1 aromatic rings. The summed E-state index contributed by atoms with van der Waals surface area (Å²) in [5.41, 5.74) is 2.47. The first kappa shape index (κ1) is 12.3. The van der Waals surface area contributed by atoms with Crippen LogP contribution in [0.1, 0.15) is 18.4 Å². The van der Waals surface area contributed by atoms with Gasteiger partial charge >= 0.3 is 0 Å². The monoisotopic (exact) mass is 230 g/mol. The van der Waals surface area contributed by atoms with E-state index in [-0.39, 0.29) is 0 Å². The van der Waals surface area contributed by atoms with E-state index in [2.05, 4.69) is 48.1 Å². The third-order valence-electron chi connectivity index (χ3n) is 3.55. The molecule has 1 aliphatic heterocycles. The summed E-state index contributed by atoms with van der Waals surface area (Å²) in [7, 11) is 2.21. The van der Waals surface area contributed by atoms with Crippen molar-refractivity contribution in [3.8, 4) is 0 Å². The molecule has 0 bridgehead atoms. The Bertz CT molecular complexity index is 352. The molecular weight excluding hydrogens is 208 g/mol. The zero-order valence-corrected chi connectivity index (χ0v) is 10.7. The molecular formula is C15H22N2. The van der Waals surface area contributed by atoms with E-state index in [9.17, 15) is 0 Å². The molecule has 1 aromatic carbocycles. The van der Waals surface area contributed by atoms with Gasteiger partial charge in [0.05, 0.1) is 0 Å². The standard InChI is InChI=1S/C15H22N2/c1-13(14-6-4-3-5-7-14)12-17(2)15-8-10-16-11-9-15/h3-7,15-16H,1,8-12H2,2H3. The van der Waals surface area contributed by atoms with E-state index in [1.165, 1.54) is 24.0 Å². The molecule has 2 nitrogen and oxygen atoms in total. The highest BCUT2D eigenvalue weighted by molar-refractivity contribution is 5.64. The molecule has 0 aromatic heterocycles. The third-order valence-corrected chi connectivity index (χ3v) is 3.55. The summed E-state index contributed by atoms with van der Waals surface area (Å²) in [6, 6.07) is 11.2. The van der Waals surface area contributed by atoms with E-state index < -0.39 is 0 Å². The molecule has 2 rings (SSSR count). The minimum Gasteiger partial charge on any atom is -0.317 e. The normalized spacial score (nSPS) is 17.3. The first-order valence-electron chi connectivity index (χ1n) is 6.41. The van der Waals surface area contributed by atoms with Gasteiger partial charge in [-0.25, -0.2) is 0 Å². The van der Waals surface area contributed by atoms with Crippen molar-refractivity contribution in [2.45, 2.75) is 18.9 Å². The molecule has 0 radical (unpaired) electrons. The van der Waals surface area contributed by atoms with Crippen molar-refractivity contribution in [1.29, 1.82) is 0 Å². The van der Waals surface area contributed by atoms with Gasteiger partial charge in [0.15, 0.2) is 0 Å². The van der Waals surface area contributed by atoms with Crippen LogP contribution >= 0.6 is 0 Å². The lowest BCUT2D eigenvalue weighted by Gasteiger charge is -2.32. The zero-order chi connectivity index (χ0) is 12.1. The lowest BCUT2D eigenvalue weighted by atomic mass is 10.0. The zero-order valence-electron chi connectivity index (χ0n) is 10.7. The van der Waals surface area contributed by atoms with Crippen LogP contribution < -0.4 is 5.32 Å². The number of benzene rings is 1. The molecule has 1 heterocycles. The van der Waals surface area contributed by atoms with Gasteiger partial charge in [-0.15, -0.1) is 0 Å². The molecule has 0 saturated carbocycles. The minimum atomic E-state index is 0.705. The Morgan fingerprint density at radius 2 is 1.94 bits per heavy atom. The molecule has 1 saturated heterocycles. The van der Waals surface area contributed by atoms with Gasteiger partial charge in [-0.1, -0.05) is 36.9 Å². The van der Waals surface area contributed by atoms with Crippen molar-refractivity contribution in [2.24, 2.45) is 0 Å². The fourth-order valence-electron chi connectivity index (χ4n) is 2.44. The molecule has 1 aliphatic rings. The Labute approximate surface area is 104 Å². The average molecular weight is 230 g/mol. The number of hydrogen-bond acceptors (Lipinski definition) is 2. The van der Waals surface area contributed by atoms with Crippen molar-refractivity contribution in [2.75, 3.05) is 26.7 Å². The second-order valence-corrected chi connectivity index (χ2v) is 4.87. The predicted octanol–water partition coefficient (Wildman–Crippen LogP) is 2.38. The summed E-state index contributed by atoms with van der Waals surface area (Å²) < 4.78 is 0. The molecule has 0 aliphatic carbocycles. The van der Waals surface area contributed by atoms with Crippen molar-refractivity contribution >= 4 is 5.57 Å². The van der Waals surface area contributed by atoms with Crippen LogP contribution in [-0.2, 0) is 0 Å². The van der Waals surface area contributed by atoms with Crippen LogP contribution in [0.15, 0.2) is 36.9 Å². The van der Waals surface area contributed by atoms with Gasteiger partial charge in [-0.3, -0.25) is 4.90 Å². The van der Waals surface area contributed by atoms with E-state index in [4.69, 9.17) is 0 Å². The molecule has 2 heteroatoms. The van der Waals surface area contributed by atoms with Crippen LogP contribution in [0.2, 0.25) is 0 Å². The highest BCUT2D eigenvalue weighted by Crippen LogP contribution is 2.16. The van der Waals surface area contributed by atoms with Crippen LogP contribution in [0.25, 0.3) is 5.57 Å². The smallest absolute Gasteiger partial charge is 0.0233 e. The van der Waals surface area contributed by atoms with Gasteiger partial charge in [-0.05, 0) is 44.1 Å². The molecule has 17 heavy (non-hydrogen) atoms. The second-order valence-electron chi connectivity index (χ2n) is 4.87. The van der Waals surface area contributed by atoms with Gasteiger partial charge in [0, 0.05) is 12.6 Å². The largest absolute Gasteiger partial charge is 0.317 e. The number of likely N-dealkylation sites (N-methyl/N-ethyl adjacent to an activating group) is 1. The Kier molecular flexibility index (Phi) is 4.35. The summed E-state index contributed by atoms with van der Waals surface area (Å²) in [5.74, 6) is 0. The Morgan fingerprint density at radius 1 is 1.29 bits per heavy atom. The predicted molar refractivity (Wildman–Crippen MR) is 74.0 cm³/mol. The van der Waals surface area contributed by atoms with Crippen molar-refractivity contribution < 1.29 is 0 Å². The van der Waals surface area contributed by atoms with Crippen LogP contribution in [0.4, 0.5) is 0 Å². The SMILES string of the molecule is C=C(CN(C)C1CCNCC1)c1ccccc1. The fourth-order valence-corrected chi connectivity index (χ4v) is 2.44. The summed E-state index contributed by atoms with van der Waals surface area (Å²) in [6.45, 7) is 7.46. The molecule has 1 N–H and O–H groups in total. The van der Waals surface area contributed by atoms with E-state index in [0.717, 1.165) is 19.6 Å². The summed E-state index contributed by atoms with van der Waals surface area (Å²) >= 11 is 0. The summed E-state index contributed by atoms with van der Waals surface area (Å²) in [5, 5.41) is 3.41. The van der Waals surface area contributed by atoms with Crippen LogP contribution in [-0.4, -0.2) is 37.6 Å². The fraction of sp³-hybridized carbons (Fsp3) is 0.467. The molecule has 1 fully saturated rings. The Balaban J connectivity index is 1.89. The van der Waals surface area contributed by atoms with Crippen molar-refractivity contribution in [1.82, 2.24) is 10.2 Å². The molecule has 0 unspecified atom stereocenters. The summed E-state index contributed by atoms with van der Waals surface area (Å²) in [4.78, 5) is 2.44. The average Bonchev–Trinajstić information content (AvgIpc) is 2.40. The number of rotatable bonds is 4. The van der Waals surface area contributed by atoms with Gasteiger partial charge in [-0.2, -0.15) is 0 Å². The minimum absolute atomic E-state index is 0.705. The maximum atomic E-state index is 4.20. The quantitative estimate of drug-likeness (QED) is 0.854. The van der Waals surface area contributed by atoms with Gasteiger partial charge in [0.1, 0.15) is 0 Å². The second kappa shape index (κ2) is 5.99. The molecule has 0 spiro atoms. The van der Waals surface area contributed by atoms with Gasteiger partial charge < -0.3 is 5.32 Å². The maximum Gasteiger partial charge on any atom is 0.0233 e. The molecule has 0 amide bonds. The van der Waals surface area contributed by atoms with E-state index >= 15 is 0 Å². The van der Waals surface area contributed by atoms with E-state index in [1.54, 1.807) is 0 Å². The highest BCUT2D eigenvalue weighted by Gasteiger charge is 2.18. The topological polar surface area (TPSA) is 15.3 Å². The first-order valence-corrected chi connectivity index (χ1v) is 6.41. The Hall–Kier alpha value is -1.12. The lowest BCUT2D eigenvalue weighted by Crippen LogP contribution is -2.41.